The van der Waals surface area contributed by atoms with E-state index < -0.39 is 0 Å². The maximum atomic E-state index is 11.1. The SMILES string of the molecule is O=CNc1ccc(Cl)cc1Cc1nc(NCCCN2CCOCC2)nc2nn(C3CCCC3)cc12. The molecule has 2 aromatic heterocycles. The summed E-state index contributed by atoms with van der Waals surface area (Å²) in [6, 6.07) is 5.88. The quantitative estimate of drug-likeness (QED) is 0.324. The summed E-state index contributed by atoms with van der Waals surface area (Å²) in [6.45, 7) is 5.39. The molecule has 35 heavy (non-hydrogen) atoms. The van der Waals surface area contributed by atoms with Crippen LogP contribution in [0.5, 0.6) is 0 Å². The van der Waals surface area contributed by atoms with E-state index in [2.05, 4.69) is 26.4 Å². The number of rotatable bonds is 10. The first-order valence-corrected chi connectivity index (χ1v) is 12.9. The summed E-state index contributed by atoms with van der Waals surface area (Å²) < 4.78 is 7.50. The van der Waals surface area contributed by atoms with E-state index in [-0.39, 0.29) is 0 Å². The second-order valence-corrected chi connectivity index (χ2v) is 9.69. The van der Waals surface area contributed by atoms with Gasteiger partial charge in [-0.3, -0.25) is 14.4 Å². The van der Waals surface area contributed by atoms with Crippen LogP contribution in [0, 0.1) is 0 Å². The lowest BCUT2D eigenvalue weighted by atomic mass is 10.1. The first-order chi connectivity index (χ1) is 17.2. The molecule has 1 aliphatic heterocycles. The van der Waals surface area contributed by atoms with Gasteiger partial charge in [-0.15, -0.1) is 0 Å². The fraction of sp³-hybridized carbons (Fsp3) is 0.520. The number of carbonyl (C=O) groups is 1. The molecule has 186 valence electrons. The molecule has 1 amide bonds. The Bertz CT molecular complexity index is 1160. The van der Waals surface area contributed by atoms with Crippen LogP contribution in [0.2, 0.25) is 5.02 Å². The second kappa shape index (κ2) is 11.3. The van der Waals surface area contributed by atoms with Crippen molar-refractivity contribution in [1.82, 2.24) is 24.6 Å². The number of fused-ring (bicyclic) bond motifs is 1. The van der Waals surface area contributed by atoms with Crippen molar-refractivity contribution in [2.24, 2.45) is 0 Å². The number of nitrogens with zero attached hydrogens (tertiary/aromatic N) is 5. The lowest BCUT2D eigenvalue weighted by Crippen LogP contribution is -2.37. The van der Waals surface area contributed by atoms with Crippen molar-refractivity contribution in [2.45, 2.75) is 44.6 Å². The number of ether oxygens (including phenoxy) is 1. The number of benzene rings is 1. The molecule has 1 saturated heterocycles. The third-order valence-corrected chi connectivity index (χ3v) is 7.09. The fourth-order valence-corrected chi connectivity index (χ4v) is 5.17. The molecule has 1 saturated carbocycles. The van der Waals surface area contributed by atoms with Gasteiger partial charge in [0.05, 0.1) is 30.3 Å². The lowest BCUT2D eigenvalue weighted by Gasteiger charge is -2.26. The molecule has 1 aliphatic carbocycles. The van der Waals surface area contributed by atoms with Crippen molar-refractivity contribution in [3.63, 3.8) is 0 Å². The summed E-state index contributed by atoms with van der Waals surface area (Å²) in [5.74, 6) is 0.582. The minimum absolute atomic E-state index is 0.417. The Morgan fingerprint density at radius 3 is 2.80 bits per heavy atom. The fourth-order valence-electron chi connectivity index (χ4n) is 4.97. The number of anilines is 2. The van der Waals surface area contributed by atoms with Crippen LogP contribution in [0.15, 0.2) is 24.4 Å². The number of hydrogen-bond donors (Lipinski definition) is 2. The smallest absolute Gasteiger partial charge is 0.225 e. The lowest BCUT2D eigenvalue weighted by molar-refractivity contribution is -0.105. The molecule has 9 nitrogen and oxygen atoms in total. The van der Waals surface area contributed by atoms with Crippen LogP contribution in [0.25, 0.3) is 11.0 Å². The van der Waals surface area contributed by atoms with E-state index in [9.17, 15) is 4.79 Å². The van der Waals surface area contributed by atoms with Gasteiger partial charge in [0.15, 0.2) is 5.65 Å². The Labute approximate surface area is 210 Å². The molecule has 0 unspecified atom stereocenters. The first-order valence-electron chi connectivity index (χ1n) is 12.5. The molecule has 1 aromatic carbocycles. The zero-order valence-corrected chi connectivity index (χ0v) is 20.6. The minimum atomic E-state index is 0.417. The number of halogens is 1. The van der Waals surface area contributed by atoms with Gasteiger partial charge in [-0.2, -0.15) is 10.1 Å². The van der Waals surface area contributed by atoms with Crippen molar-refractivity contribution in [3.05, 3.63) is 40.7 Å². The molecular formula is C25H32ClN7O2. The summed E-state index contributed by atoms with van der Waals surface area (Å²) in [7, 11) is 0. The molecule has 2 fully saturated rings. The van der Waals surface area contributed by atoms with Crippen LogP contribution in [0.4, 0.5) is 11.6 Å². The molecular weight excluding hydrogens is 466 g/mol. The van der Waals surface area contributed by atoms with Gasteiger partial charge in [-0.25, -0.2) is 4.98 Å². The highest BCUT2D eigenvalue weighted by Crippen LogP contribution is 2.31. The zero-order chi connectivity index (χ0) is 24.0. The Balaban J connectivity index is 1.39. The van der Waals surface area contributed by atoms with Crippen LogP contribution < -0.4 is 10.6 Å². The van der Waals surface area contributed by atoms with E-state index in [1.165, 1.54) is 12.8 Å². The second-order valence-electron chi connectivity index (χ2n) is 9.25. The van der Waals surface area contributed by atoms with Crippen LogP contribution >= 0.6 is 11.6 Å². The molecule has 0 atom stereocenters. The van der Waals surface area contributed by atoms with E-state index >= 15 is 0 Å². The molecule has 5 rings (SSSR count). The number of carbonyl (C=O) groups excluding carboxylic acids is 1. The monoisotopic (exact) mass is 497 g/mol. The Kier molecular flexibility index (Phi) is 7.75. The predicted molar refractivity (Wildman–Crippen MR) is 137 cm³/mol. The predicted octanol–water partition coefficient (Wildman–Crippen LogP) is 3.89. The van der Waals surface area contributed by atoms with Gasteiger partial charge < -0.3 is 15.4 Å². The summed E-state index contributed by atoms with van der Waals surface area (Å²) >= 11 is 6.28. The van der Waals surface area contributed by atoms with Crippen molar-refractivity contribution in [3.8, 4) is 0 Å². The molecule has 2 aliphatic rings. The van der Waals surface area contributed by atoms with Gasteiger partial charge >= 0.3 is 0 Å². The molecule has 10 heteroatoms. The van der Waals surface area contributed by atoms with Crippen molar-refractivity contribution >= 4 is 40.7 Å². The maximum Gasteiger partial charge on any atom is 0.225 e. The third-order valence-electron chi connectivity index (χ3n) is 6.85. The molecule has 0 bridgehead atoms. The van der Waals surface area contributed by atoms with Crippen molar-refractivity contribution < 1.29 is 9.53 Å². The molecule has 3 heterocycles. The van der Waals surface area contributed by atoms with Crippen LogP contribution in [-0.2, 0) is 16.0 Å². The summed E-state index contributed by atoms with van der Waals surface area (Å²) in [5.41, 5.74) is 3.19. The van der Waals surface area contributed by atoms with Gasteiger partial charge in [0.2, 0.25) is 12.4 Å². The Morgan fingerprint density at radius 1 is 1.17 bits per heavy atom. The van der Waals surface area contributed by atoms with Crippen LogP contribution in [-0.4, -0.2) is 70.5 Å². The highest BCUT2D eigenvalue weighted by molar-refractivity contribution is 6.30. The van der Waals surface area contributed by atoms with Crippen molar-refractivity contribution in [1.29, 1.82) is 0 Å². The Hall–Kier alpha value is -2.75. The summed E-state index contributed by atoms with van der Waals surface area (Å²) in [6.07, 6.45) is 9.03. The summed E-state index contributed by atoms with van der Waals surface area (Å²) in [5, 5.41) is 12.6. The van der Waals surface area contributed by atoms with Gasteiger partial charge in [0.1, 0.15) is 0 Å². The van der Waals surface area contributed by atoms with Crippen LogP contribution in [0.1, 0.15) is 49.4 Å². The third kappa shape index (κ3) is 5.91. The van der Waals surface area contributed by atoms with Crippen molar-refractivity contribution in [2.75, 3.05) is 50.0 Å². The molecule has 0 spiro atoms. The highest BCUT2D eigenvalue weighted by atomic mass is 35.5. The van der Waals surface area contributed by atoms with Crippen LogP contribution in [0.3, 0.4) is 0 Å². The number of hydrogen-bond acceptors (Lipinski definition) is 7. The normalized spacial score (nSPS) is 17.2. The molecule has 0 radical (unpaired) electrons. The standard InChI is InChI=1S/C25H32ClN7O2/c26-19-6-7-22(28-17-34)18(14-19)15-23-21-16-33(20-4-1-2-5-20)31-24(21)30-25(29-23)27-8-3-9-32-10-12-35-13-11-32/h6-7,14,16-17,20H,1-5,8-13,15H2,(H,28,34)(H,27,30,31). The first kappa shape index (κ1) is 24.0. The summed E-state index contributed by atoms with van der Waals surface area (Å²) in [4.78, 5) is 23.2. The van der Waals surface area contributed by atoms with Gasteiger partial charge in [-0.05, 0) is 49.6 Å². The average Bonchev–Trinajstić information content (AvgIpc) is 3.55. The molecule has 3 aromatic rings. The minimum Gasteiger partial charge on any atom is -0.379 e. The van der Waals surface area contributed by atoms with Gasteiger partial charge in [0.25, 0.3) is 0 Å². The zero-order valence-electron chi connectivity index (χ0n) is 19.9. The topological polar surface area (TPSA) is 97.2 Å². The highest BCUT2D eigenvalue weighted by Gasteiger charge is 2.21. The number of morpholine rings is 1. The largest absolute Gasteiger partial charge is 0.379 e. The van der Waals surface area contributed by atoms with E-state index in [1.807, 2.05) is 12.1 Å². The maximum absolute atomic E-state index is 11.1. The number of nitrogens with one attached hydrogen (secondary N) is 2. The van der Waals surface area contributed by atoms with Gasteiger partial charge in [-0.1, -0.05) is 24.4 Å². The van der Waals surface area contributed by atoms with E-state index in [0.29, 0.717) is 35.5 Å². The van der Waals surface area contributed by atoms with E-state index in [0.717, 1.165) is 81.0 Å². The Morgan fingerprint density at radius 2 is 2.00 bits per heavy atom. The van der Waals surface area contributed by atoms with Gasteiger partial charge in [0, 0.05) is 43.0 Å². The van der Waals surface area contributed by atoms with E-state index in [1.54, 1.807) is 6.07 Å². The molecule has 2 N–H and O–H groups in total. The average molecular weight is 498 g/mol. The van der Waals surface area contributed by atoms with E-state index in [4.69, 9.17) is 31.4 Å². The number of amides is 1. The number of aromatic nitrogens is 4.